The molecule has 0 radical (unpaired) electrons. The molecule has 2 N–H and O–H groups in total. The zero-order chi connectivity index (χ0) is 15.0. The lowest BCUT2D eigenvalue weighted by Gasteiger charge is -2.14. The van der Waals surface area contributed by atoms with Gasteiger partial charge in [0.2, 0.25) is 5.89 Å². The number of nitrogens with zero attached hydrogens (tertiary/aromatic N) is 3. The Morgan fingerprint density at radius 3 is 2.86 bits per heavy atom. The van der Waals surface area contributed by atoms with Gasteiger partial charge in [0, 0.05) is 12.1 Å². The van der Waals surface area contributed by atoms with E-state index in [0.29, 0.717) is 5.89 Å². The van der Waals surface area contributed by atoms with Gasteiger partial charge in [0.25, 0.3) is 0 Å². The number of hydrogen-bond acceptors (Lipinski definition) is 4. The van der Waals surface area contributed by atoms with Gasteiger partial charge in [-0.3, -0.25) is 0 Å². The van der Waals surface area contributed by atoms with Crippen molar-refractivity contribution in [3.05, 3.63) is 41.9 Å². The van der Waals surface area contributed by atoms with E-state index in [1.807, 2.05) is 25.1 Å². The van der Waals surface area contributed by atoms with Crippen molar-refractivity contribution < 1.29 is 4.42 Å². The summed E-state index contributed by atoms with van der Waals surface area (Å²) in [6.07, 6.45) is 3.71. The number of hydrogen-bond donors (Lipinski definition) is 1. The summed E-state index contributed by atoms with van der Waals surface area (Å²) in [5.41, 5.74) is 8.59. The molecular weight excluding hydrogens is 264 g/mol. The molecule has 0 aliphatic carbocycles. The number of nitrogens with two attached hydrogens (primary N) is 1. The van der Waals surface area contributed by atoms with Crippen LogP contribution >= 0.6 is 0 Å². The average molecular weight is 284 g/mol. The number of nitrogen functional groups attached to an aromatic ring is 1. The molecule has 5 nitrogen and oxygen atoms in total. The first-order valence-electron chi connectivity index (χ1n) is 7.28. The van der Waals surface area contributed by atoms with Gasteiger partial charge in [-0.05, 0) is 38.5 Å². The molecule has 21 heavy (non-hydrogen) atoms. The Kier molecular flexibility index (Phi) is 3.41. The first-order chi connectivity index (χ1) is 10.1. The van der Waals surface area contributed by atoms with Crippen LogP contribution < -0.4 is 5.73 Å². The number of oxazole rings is 1. The van der Waals surface area contributed by atoms with Gasteiger partial charge in [-0.1, -0.05) is 6.92 Å². The van der Waals surface area contributed by atoms with Crippen LogP contribution in [0.25, 0.3) is 11.0 Å². The standard InChI is InChI=1S/C16H20N4O/c1-4-5-15-19-13-8-12(17)6-7-14(13)20(15)11(3)16-18-9-10(2)21-16/h6-9,11H,4-5,17H2,1-3H3. The number of benzene rings is 1. The molecule has 0 aliphatic rings. The number of aromatic nitrogens is 3. The third-order valence-corrected chi connectivity index (χ3v) is 3.64. The van der Waals surface area contributed by atoms with Crippen molar-refractivity contribution in [1.29, 1.82) is 0 Å². The van der Waals surface area contributed by atoms with Gasteiger partial charge in [-0.25, -0.2) is 9.97 Å². The van der Waals surface area contributed by atoms with Crippen molar-refractivity contribution in [2.45, 2.75) is 39.7 Å². The predicted octanol–water partition coefficient (Wildman–Crippen LogP) is 3.48. The topological polar surface area (TPSA) is 69.9 Å². The van der Waals surface area contributed by atoms with Gasteiger partial charge >= 0.3 is 0 Å². The summed E-state index contributed by atoms with van der Waals surface area (Å²) in [5.74, 6) is 2.57. The van der Waals surface area contributed by atoms with Crippen LogP contribution in [0.5, 0.6) is 0 Å². The molecule has 0 aliphatic heterocycles. The fourth-order valence-corrected chi connectivity index (χ4v) is 2.67. The highest BCUT2D eigenvalue weighted by Gasteiger charge is 2.20. The van der Waals surface area contributed by atoms with Crippen LogP contribution in [0.2, 0.25) is 0 Å². The lowest BCUT2D eigenvalue weighted by Crippen LogP contribution is -2.11. The Morgan fingerprint density at radius 2 is 2.19 bits per heavy atom. The SMILES string of the molecule is CCCc1nc2cc(N)ccc2n1C(C)c1ncc(C)o1. The molecule has 3 aromatic rings. The van der Waals surface area contributed by atoms with Crippen molar-refractivity contribution in [1.82, 2.24) is 14.5 Å². The number of aryl methyl sites for hydroxylation is 2. The Morgan fingerprint density at radius 1 is 1.38 bits per heavy atom. The van der Waals surface area contributed by atoms with Crippen LogP contribution in [0.1, 0.15) is 43.8 Å². The van der Waals surface area contributed by atoms with Gasteiger partial charge in [0.15, 0.2) is 0 Å². The molecule has 110 valence electrons. The van der Waals surface area contributed by atoms with Crippen LogP contribution in [0.3, 0.4) is 0 Å². The number of anilines is 1. The second kappa shape index (κ2) is 5.24. The van der Waals surface area contributed by atoms with Crippen LogP contribution in [-0.4, -0.2) is 14.5 Å². The molecule has 1 aromatic carbocycles. The van der Waals surface area contributed by atoms with E-state index in [2.05, 4.69) is 23.4 Å². The third kappa shape index (κ3) is 2.39. The molecule has 1 atom stereocenters. The maximum atomic E-state index is 5.87. The van der Waals surface area contributed by atoms with Gasteiger partial charge in [0.1, 0.15) is 17.6 Å². The maximum absolute atomic E-state index is 5.87. The fraction of sp³-hybridized carbons (Fsp3) is 0.375. The highest BCUT2D eigenvalue weighted by atomic mass is 16.4. The van der Waals surface area contributed by atoms with Crippen LogP contribution in [0, 0.1) is 6.92 Å². The van der Waals surface area contributed by atoms with E-state index in [9.17, 15) is 0 Å². The van der Waals surface area contributed by atoms with E-state index in [1.165, 1.54) is 0 Å². The molecule has 2 heterocycles. The molecule has 0 saturated carbocycles. The molecule has 0 bridgehead atoms. The van der Waals surface area contributed by atoms with Crippen molar-refractivity contribution in [2.24, 2.45) is 0 Å². The van der Waals surface area contributed by atoms with E-state index in [4.69, 9.17) is 15.1 Å². The quantitative estimate of drug-likeness (QED) is 0.745. The lowest BCUT2D eigenvalue weighted by molar-refractivity contribution is 0.413. The number of imidazole rings is 1. The normalized spacial score (nSPS) is 12.9. The highest BCUT2D eigenvalue weighted by Crippen LogP contribution is 2.27. The predicted molar refractivity (Wildman–Crippen MR) is 83.2 cm³/mol. The van der Waals surface area contributed by atoms with E-state index < -0.39 is 0 Å². The van der Waals surface area contributed by atoms with E-state index >= 15 is 0 Å². The summed E-state index contributed by atoms with van der Waals surface area (Å²) in [4.78, 5) is 9.09. The van der Waals surface area contributed by atoms with Crippen molar-refractivity contribution in [3.8, 4) is 0 Å². The largest absolute Gasteiger partial charge is 0.444 e. The number of fused-ring (bicyclic) bond motifs is 1. The van der Waals surface area contributed by atoms with Crippen LogP contribution in [-0.2, 0) is 6.42 Å². The third-order valence-electron chi connectivity index (χ3n) is 3.64. The number of rotatable bonds is 4. The van der Waals surface area contributed by atoms with Gasteiger partial charge in [0.05, 0.1) is 17.2 Å². The van der Waals surface area contributed by atoms with E-state index in [-0.39, 0.29) is 6.04 Å². The van der Waals surface area contributed by atoms with Gasteiger partial charge < -0.3 is 14.7 Å². The monoisotopic (exact) mass is 284 g/mol. The van der Waals surface area contributed by atoms with Gasteiger partial charge in [-0.2, -0.15) is 0 Å². The first kappa shape index (κ1) is 13.7. The second-order valence-electron chi connectivity index (χ2n) is 5.38. The summed E-state index contributed by atoms with van der Waals surface area (Å²) in [6, 6.07) is 5.85. The Bertz CT molecular complexity index is 772. The molecule has 3 rings (SSSR count). The Balaban J connectivity index is 2.16. The molecular formula is C16H20N4O. The van der Waals surface area contributed by atoms with Crippen molar-refractivity contribution in [3.63, 3.8) is 0 Å². The molecule has 5 heteroatoms. The average Bonchev–Trinajstić information content (AvgIpc) is 3.01. The van der Waals surface area contributed by atoms with E-state index in [0.717, 1.165) is 41.1 Å². The fourth-order valence-electron chi connectivity index (χ4n) is 2.67. The van der Waals surface area contributed by atoms with E-state index in [1.54, 1.807) is 6.20 Å². The summed E-state index contributed by atoms with van der Waals surface area (Å²) in [6.45, 7) is 6.14. The van der Waals surface area contributed by atoms with Gasteiger partial charge in [-0.15, -0.1) is 0 Å². The Labute approximate surface area is 123 Å². The minimum absolute atomic E-state index is 0.00822. The summed E-state index contributed by atoms with van der Waals surface area (Å²) >= 11 is 0. The molecule has 2 aromatic heterocycles. The molecule has 0 spiro atoms. The Hall–Kier alpha value is -2.30. The smallest absolute Gasteiger partial charge is 0.217 e. The highest BCUT2D eigenvalue weighted by molar-refractivity contribution is 5.80. The lowest BCUT2D eigenvalue weighted by atomic mass is 10.2. The summed E-state index contributed by atoms with van der Waals surface area (Å²) in [5, 5.41) is 0. The maximum Gasteiger partial charge on any atom is 0.217 e. The molecule has 0 saturated heterocycles. The second-order valence-corrected chi connectivity index (χ2v) is 5.38. The molecule has 1 unspecified atom stereocenters. The minimum Gasteiger partial charge on any atom is -0.444 e. The van der Waals surface area contributed by atoms with Crippen molar-refractivity contribution in [2.75, 3.05) is 5.73 Å². The zero-order valence-corrected chi connectivity index (χ0v) is 12.6. The van der Waals surface area contributed by atoms with Crippen molar-refractivity contribution >= 4 is 16.7 Å². The molecule has 0 fully saturated rings. The summed E-state index contributed by atoms with van der Waals surface area (Å²) in [7, 11) is 0. The zero-order valence-electron chi connectivity index (χ0n) is 12.6. The summed E-state index contributed by atoms with van der Waals surface area (Å²) < 4.78 is 7.89. The molecule has 0 amide bonds. The van der Waals surface area contributed by atoms with Crippen LogP contribution in [0.4, 0.5) is 5.69 Å². The minimum atomic E-state index is 0.00822. The van der Waals surface area contributed by atoms with Crippen LogP contribution in [0.15, 0.2) is 28.8 Å². The first-order valence-corrected chi connectivity index (χ1v) is 7.28.